The first-order chi connectivity index (χ1) is 9.83. The van der Waals surface area contributed by atoms with Crippen LogP contribution >= 0.6 is 0 Å². The van der Waals surface area contributed by atoms with Gasteiger partial charge in [0.2, 0.25) is 0 Å². The standard InChI is InChI=1S/C16H12FN3/c17-14-6-2-4-8-16(14)20-18-11-13-10-9-12-5-1-3-7-15(12)19-13/h1-10H,11H2. The Morgan fingerprint density at radius 1 is 0.900 bits per heavy atom. The molecule has 0 fully saturated rings. The van der Waals surface area contributed by atoms with Gasteiger partial charge in [-0.3, -0.25) is 4.98 Å². The maximum atomic E-state index is 13.4. The number of nitrogens with zero attached hydrogens (tertiary/aromatic N) is 3. The number of hydrogen-bond acceptors (Lipinski definition) is 3. The van der Waals surface area contributed by atoms with Crippen molar-refractivity contribution < 1.29 is 4.39 Å². The summed E-state index contributed by atoms with van der Waals surface area (Å²) < 4.78 is 13.4. The van der Waals surface area contributed by atoms with E-state index in [2.05, 4.69) is 15.2 Å². The molecule has 0 aliphatic rings. The first kappa shape index (κ1) is 12.4. The molecule has 0 bridgehead atoms. The lowest BCUT2D eigenvalue weighted by molar-refractivity contribution is 0.627. The highest BCUT2D eigenvalue weighted by Gasteiger charge is 1.99. The second-order valence-electron chi connectivity index (χ2n) is 4.35. The zero-order chi connectivity index (χ0) is 13.8. The molecule has 0 saturated heterocycles. The lowest BCUT2D eigenvalue weighted by atomic mass is 10.2. The van der Waals surface area contributed by atoms with Crippen molar-refractivity contribution in [1.82, 2.24) is 4.98 Å². The van der Waals surface area contributed by atoms with Gasteiger partial charge in [-0.05, 0) is 24.3 Å². The van der Waals surface area contributed by atoms with Crippen LogP contribution in [-0.2, 0) is 6.54 Å². The molecule has 3 aromatic rings. The van der Waals surface area contributed by atoms with Crippen LogP contribution in [0.3, 0.4) is 0 Å². The van der Waals surface area contributed by atoms with Crippen LogP contribution in [-0.4, -0.2) is 4.98 Å². The number of rotatable bonds is 3. The summed E-state index contributed by atoms with van der Waals surface area (Å²) in [6.07, 6.45) is 0. The first-order valence-electron chi connectivity index (χ1n) is 6.29. The first-order valence-corrected chi connectivity index (χ1v) is 6.29. The normalized spacial score (nSPS) is 11.2. The zero-order valence-corrected chi connectivity index (χ0v) is 10.7. The van der Waals surface area contributed by atoms with Crippen molar-refractivity contribution in [1.29, 1.82) is 0 Å². The number of halogens is 1. The van der Waals surface area contributed by atoms with Gasteiger partial charge < -0.3 is 0 Å². The van der Waals surface area contributed by atoms with E-state index in [1.54, 1.807) is 18.2 Å². The fourth-order valence-electron chi connectivity index (χ4n) is 1.91. The minimum Gasteiger partial charge on any atom is -0.251 e. The molecule has 0 radical (unpaired) electrons. The Balaban J connectivity index is 1.78. The van der Waals surface area contributed by atoms with Crippen molar-refractivity contribution >= 4 is 16.6 Å². The van der Waals surface area contributed by atoms with E-state index in [9.17, 15) is 4.39 Å². The van der Waals surface area contributed by atoms with E-state index >= 15 is 0 Å². The average Bonchev–Trinajstić information content (AvgIpc) is 2.49. The number of para-hydroxylation sites is 1. The molecule has 1 aromatic heterocycles. The summed E-state index contributed by atoms with van der Waals surface area (Å²) in [5.74, 6) is -0.372. The Bertz CT molecular complexity index is 768. The predicted molar refractivity (Wildman–Crippen MR) is 76.4 cm³/mol. The van der Waals surface area contributed by atoms with E-state index in [1.165, 1.54) is 6.07 Å². The monoisotopic (exact) mass is 265 g/mol. The molecule has 0 unspecified atom stereocenters. The van der Waals surface area contributed by atoms with Crippen molar-refractivity contribution in [2.75, 3.05) is 0 Å². The molecular weight excluding hydrogens is 253 g/mol. The van der Waals surface area contributed by atoms with Crippen LogP contribution in [0.25, 0.3) is 10.9 Å². The summed E-state index contributed by atoms with van der Waals surface area (Å²) in [6.45, 7) is 0.333. The minimum atomic E-state index is -0.372. The topological polar surface area (TPSA) is 37.6 Å². The van der Waals surface area contributed by atoms with Gasteiger partial charge >= 0.3 is 0 Å². The summed E-state index contributed by atoms with van der Waals surface area (Å²) in [5, 5.41) is 8.98. The largest absolute Gasteiger partial charge is 0.251 e. The van der Waals surface area contributed by atoms with Crippen molar-refractivity contribution in [2.24, 2.45) is 10.2 Å². The molecule has 0 amide bonds. The highest BCUT2D eigenvalue weighted by atomic mass is 19.1. The Morgan fingerprint density at radius 2 is 1.70 bits per heavy atom. The SMILES string of the molecule is Fc1ccccc1N=NCc1ccc2ccccc2n1. The smallest absolute Gasteiger partial charge is 0.150 e. The van der Waals surface area contributed by atoms with Crippen molar-refractivity contribution in [3.63, 3.8) is 0 Å². The highest BCUT2D eigenvalue weighted by Crippen LogP contribution is 2.17. The average molecular weight is 265 g/mol. The number of pyridine rings is 1. The molecule has 98 valence electrons. The summed E-state index contributed by atoms with van der Waals surface area (Å²) in [7, 11) is 0. The molecule has 3 nitrogen and oxygen atoms in total. The molecule has 2 aromatic carbocycles. The van der Waals surface area contributed by atoms with Gasteiger partial charge in [0.1, 0.15) is 12.2 Å². The molecule has 0 N–H and O–H groups in total. The Kier molecular flexibility index (Phi) is 3.46. The maximum absolute atomic E-state index is 13.4. The van der Waals surface area contributed by atoms with E-state index in [1.807, 2.05) is 36.4 Å². The van der Waals surface area contributed by atoms with Gasteiger partial charge in [0.05, 0.1) is 11.2 Å². The van der Waals surface area contributed by atoms with Gasteiger partial charge in [-0.1, -0.05) is 36.4 Å². The zero-order valence-electron chi connectivity index (χ0n) is 10.7. The van der Waals surface area contributed by atoms with E-state index < -0.39 is 0 Å². The van der Waals surface area contributed by atoms with Crippen molar-refractivity contribution in [2.45, 2.75) is 6.54 Å². The van der Waals surface area contributed by atoms with Crippen LogP contribution in [0.2, 0.25) is 0 Å². The number of fused-ring (bicyclic) bond motifs is 1. The van der Waals surface area contributed by atoms with Crippen LogP contribution in [0.15, 0.2) is 70.9 Å². The fraction of sp³-hybridized carbons (Fsp3) is 0.0625. The van der Waals surface area contributed by atoms with Gasteiger partial charge in [0, 0.05) is 5.39 Å². The van der Waals surface area contributed by atoms with Crippen molar-refractivity contribution in [3.05, 3.63) is 72.2 Å². The Morgan fingerprint density at radius 3 is 2.60 bits per heavy atom. The maximum Gasteiger partial charge on any atom is 0.150 e. The van der Waals surface area contributed by atoms with E-state index in [-0.39, 0.29) is 11.5 Å². The van der Waals surface area contributed by atoms with E-state index in [0.29, 0.717) is 6.54 Å². The lowest BCUT2D eigenvalue weighted by Gasteiger charge is -1.99. The van der Waals surface area contributed by atoms with Crippen LogP contribution in [0.5, 0.6) is 0 Å². The molecule has 0 atom stereocenters. The summed E-state index contributed by atoms with van der Waals surface area (Å²) in [4.78, 5) is 4.48. The van der Waals surface area contributed by atoms with Crippen LogP contribution in [0.1, 0.15) is 5.69 Å². The van der Waals surface area contributed by atoms with Gasteiger partial charge in [0.25, 0.3) is 0 Å². The second-order valence-corrected chi connectivity index (χ2v) is 4.35. The molecule has 3 rings (SSSR count). The molecule has 0 aliphatic heterocycles. The summed E-state index contributed by atoms with van der Waals surface area (Å²) in [6, 6.07) is 18.1. The molecule has 0 saturated carbocycles. The third-order valence-electron chi connectivity index (χ3n) is 2.92. The van der Waals surface area contributed by atoms with Crippen LogP contribution < -0.4 is 0 Å². The highest BCUT2D eigenvalue weighted by molar-refractivity contribution is 5.78. The number of aromatic nitrogens is 1. The summed E-state index contributed by atoms with van der Waals surface area (Å²) in [5.41, 5.74) is 1.98. The summed E-state index contributed by atoms with van der Waals surface area (Å²) >= 11 is 0. The predicted octanol–water partition coefficient (Wildman–Crippen LogP) is 4.66. The second kappa shape index (κ2) is 5.57. The third kappa shape index (κ3) is 2.69. The lowest BCUT2D eigenvalue weighted by Crippen LogP contribution is -1.87. The minimum absolute atomic E-state index is 0.244. The molecule has 4 heteroatoms. The van der Waals surface area contributed by atoms with Gasteiger partial charge in [-0.25, -0.2) is 4.39 Å². The quantitative estimate of drug-likeness (QED) is 0.635. The Labute approximate surface area is 115 Å². The fourth-order valence-corrected chi connectivity index (χ4v) is 1.91. The molecule has 20 heavy (non-hydrogen) atoms. The van der Waals surface area contributed by atoms with Gasteiger partial charge in [-0.2, -0.15) is 10.2 Å². The molecule has 0 aliphatic carbocycles. The number of hydrogen-bond donors (Lipinski definition) is 0. The molecule has 0 spiro atoms. The molecular formula is C16H12FN3. The molecule has 1 heterocycles. The van der Waals surface area contributed by atoms with Gasteiger partial charge in [0.15, 0.2) is 5.82 Å². The number of benzene rings is 2. The van der Waals surface area contributed by atoms with Crippen LogP contribution in [0.4, 0.5) is 10.1 Å². The third-order valence-corrected chi connectivity index (χ3v) is 2.92. The van der Waals surface area contributed by atoms with Crippen molar-refractivity contribution in [3.8, 4) is 0 Å². The Hall–Kier alpha value is -2.62. The number of azo groups is 1. The van der Waals surface area contributed by atoms with Crippen LogP contribution in [0, 0.1) is 5.82 Å². The van der Waals surface area contributed by atoms with E-state index in [0.717, 1.165) is 16.6 Å². The van der Waals surface area contributed by atoms with Gasteiger partial charge in [-0.15, -0.1) is 0 Å². The van der Waals surface area contributed by atoms with E-state index in [4.69, 9.17) is 0 Å².